The molecule has 0 unspecified atom stereocenters. The van der Waals surface area contributed by atoms with Gasteiger partial charge in [-0.1, -0.05) is 18.2 Å². The number of para-hydroxylation sites is 1. The number of rotatable bonds is 6. The first-order valence-electron chi connectivity index (χ1n) is 7.07. The Morgan fingerprint density at radius 1 is 1.29 bits per heavy atom. The predicted octanol–water partition coefficient (Wildman–Crippen LogP) is 3.62. The van der Waals surface area contributed by atoms with Gasteiger partial charge in [-0.3, -0.25) is 0 Å². The fourth-order valence-corrected chi connectivity index (χ4v) is 2.52. The van der Waals surface area contributed by atoms with Crippen molar-refractivity contribution in [3.63, 3.8) is 0 Å². The van der Waals surface area contributed by atoms with Crippen molar-refractivity contribution in [2.75, 3.05) is 6.61 Å². The highest BCUT2D eigenvalue weighted by Crippen LogP contribution is 2.25. The summed E-state index contributed by atoms with van der Waals surface area (Å²) in [6.45, 7) is 1.18. The Bertz CT molecular complexity index is 819. The van der Waals surface area contributed by atoms with Gasteiger partial charge in [0.25, 0.3) is 11.8 Å². The summed E-state index contributed by atoms with van der Waals surface area (Å²) in [5.74, 6) is -0.680. The average molecular weight is 348 g/mol. The highest BCUT2D eigenvalue weighted by molar-refractivity contribution is 7.13. The van der Waals surface area contributed by atoms with Crippen LogP contribution in [0.2, 0.25) is 0 Å². The number of carbonyl (C=O) groups excluding carboxylic acids is 1. The van der Waals surface area contributed by atoms with Crippen molar-refractivity contribution in [3.8, 4) is 16.5 Å². The summed E-state index contributed by atoms with van der Waals surface area (Å²) in [7, 11) is 0. The molecule has 0 saturated heterocycles. The summed E-state index contributed by atoms with van der Waals surface area (Å²) in [5.41, 5.74) is 0. The molecule has 0 radical (unpaired) electrons. The molecule has 8 heteroatoms. The van der Waals surface area contributed by atoms with Crippen LogP contribution in [0.5, 0.6) is 5.75 Å². The first-order chi connectivity index (χ1) is 11.6. The fraction of sp³-hybridized carbons (Fsp3) is 0.188. The molecule has 0 spiro atoms. The van der Waals surface area contributed by atoms with Crippen molar-refractivity contribution in [2.24, 2.45) is 0 Å². The zero-order chi connectivity index (χ0) is 16.9. The predicted molar refractivity (Wildman–Crippen MR) is 84.0 cm³/mol. The zero-order valence-electron chi connectivity index (χ0n) is 12.6. The molecule has 0 N–H and O–H groups in total. The quantitative estimate of drug-likeness (QED) is 0.634. The van der Waals surface area contributed by atoms with Gasteiger partial charge in [0.05, 0.1) is 4.88 Å². The number of hydrogen-bond acceptors (Lipinski definition) is 7. The second-order valence-electron chi connectivity index (χ2n) is 4.77. The van der Waals surface area contributed by atoms with E-state index in [4.69, 9.17) is 13.9 Å². The van der Waals surface area contributed by atoms with Crippen LogP contribution in [-0.4, -0.2) is 22.8 Å². The summed E-state index contributed by atoms with van der Waals surface area (Å²) >= 11 is 1.46. The van der Waals surface area contributed by atoms with Crippen LogP contribution in [0.4, 0.5) is 4.39 Å². The van der Waals surface area contributed by atoms with Crippen LogP contribution in [0, 0.1) is 5.82 Å². The van der Waals surface area contributed by atoms with Gasteiger partial charge in [-0.05, 0) is 30.5 Å². The van der Waals surface area contributed by atoms with Crippen molar-refractivity contribution in [1.82, 2.24) is 10.2 Å². The Morgan fingerprint density at radius 3 is 2.88 bits per heavy atom. The third-order valence-corrected chi connectivity index (χ3v) is 3.87. The normalized spacial score (nSPS) is 11.9. The van der Waals surface area contributed by atoms with Crippen molar-refractivity contribution >= 4 is 17.3 Å². The van der Waals surface area contributed by atoms with Crippen molar-refractivity contribution in [1.29, 1.82) is 0 Å². The van der Waals surface area contributed by atoms with E-state index in [-0.39, 0.29) is 11.6 Å². The first kappa shape index (κ1) is 16.1. The molecule has 0 saturated carbocycles. The van der Waals surface area contributed by atoms with Gasteiger partial charge >= 0.3 is 5.97 Å². The minimum Gasteiger partial charge on any atom is -0.479 e. The largest absolute Gasteiger partial charge is 0.479 e. The van der Waals surface area contributed by atoms with Crippen molar-refractivity contribution in [2.45, 2.75) is 13.0 Å². The molecule has 24 heavy (non-hydrogen) atoms. The van der Waals surface area contributed by atoms with E-state index >= 15 is 0 Å². The molecule has 6 nitrogen and oxygen atoms in total. The Balaban J connectivity index is 1.55. The molecule has 0 aliphatic carbocycles. The molecule has 3 rings (SSSR count). The van der Waals surface area contributed by atoms with Crippen LogP contribution in [-0.2, 0) is 9.53 Å². The van der Waals surface area contributed by atoms with E-state index in [9.17, 15) is 9.18 Å². The van der Waals surface area contributed by atoms with Crippen LogP contribution in [0.3, 0.4) is 0 Å². The van der Waals surface area contributed by atoms with Crippen LogP contribution < -0.4 is 4.74 Å². The molecule has 124 valence electrons. The number of hydrogen-bond donors (Lipinski definition) is 0. The lowest BCUT2D eigenvalue weighted by Crippen LogP contribution is -2.17. The van der Waals surface area contributed by atoms with Crippen LogP contribution in [0.1, 0.15) is 18.9 Å². The highest BCUT2D eigenvalue weighted by Gasteiger charge is 2.20. The number of nitrogens with zero attached hydrogens (tertiary/aromatic N) is 2. The van der Waals surface area contributed by atoms with E-state index in [0.29, 0.717) is 5.89 Å². The van der Waals surface area contributed by atoms with Gasteiger partial charge in [-0.25, -0.2) is 9.18 Å². The summed E-state index contributed by atoms with van der Waals surface area (Å²) in [5, 5.41) is 9.67. The summed E-state index contributed by atoms with van der Waals surface area (Å²) in [6, 6.07) is 9.53. The van der Waals surface area contributed by atoms with Gasteiger partial charge in [0.2, 0.25) is 0 Å². The molecule has 0 fully saturated rings. The monoisotopic (exact) mass is 348 g/mol. The molecule has 0 amide bonds. The summed E-state index contributed by atoms with van der Waals surface area (Å²) in [6.07, 6.45) is -0.733. The maximum absolute atomic E-state index is 13.4. The minimum absolute atomic E-state index is 0.0140. The standard InChI is InChI=1S/C16H13FN2O4S/c1-10(15-18-19-16(23-15)13-7-4-8-24-13)22-14(20)9-21-12-6-3-2-5-11(12)17/h2-8,10H,9H2,1H3/t10-/m0/s1. The van der Waals surface area contributed by atoms with E-state index in [1.807, 2.05) is 17.5 Å². The van der Waals surface area contributed by atoms with Gasteiger partial charge in [0.1, 0.15) is 0 Å². The molecule has 3 aromatic rings. The molecule has 1 atom stereocenters. The van der Waals surface area contributed by atoms with Gasteiger partial charge in [-0.2, -0.15) is 0 Å². The summed E-state index contributed by atoms with van der Waals surface area (Å²) in [4.78, 5) is 12.6. The number of halogens is 1. The lowest BCUT2D eigenvalue weighted by molar-refractivity contribution is -0.152. The van der Waals surface area contributed by atoms with Gasteiger partial charge in [-0.15, -0.1) is 21.5 Å². The van der Waals surface area contributed by atoms with E-state index in [1.165, 1.54) is 29.5 Å². The molecular formula is C16H13FN2O4S. The lowest BCUT2D eigenvalue weighted by Gasteiger charge is -2.10. The number of ether oxygens (including phenoxy) is 2. The Kier molecular flexibility index (Phi) is 4.85. The number of carbonyl (C=O) groups is 1. The highest BCUT2D eigenvalue weighted by atomic mass is 32.1. The number of esters is 1. The van der Waals surface area contributed by atoms with E-state index in [0.717, 1.165) is 4.88 Å². The maximum atomic E-state index is 13.4. The number of thiophene rings is 1. The van der Waals surface area contributed by atoms with Crippen LogP contribution in [0.25, 0.3) is 10.8 Å². The zero-order valence-corrected chi connectivity index (χ0v) is 13.5. The first-order valence-corrected chi connectivity index (χ1v) is 7.95. The van der Waals surface area contributed by atoms with Gasteiger partial charge < -0.3 is 13.9 Å². The van der Waals surface area contributed by atoms with Crippen molar-refractivity contribution < 1.29 is 23.1 Å². The molecule has 0 aliphatic rings. The Hall–Kier alpha value is -2.74. The second kappa shape index (κ2) is 7.22. The van der Waals surface area contributed by atoms with Crippen LogP contribution in [0.15, 0.2) is 46.2 Å². The molecular weight excluding hydrogens is 335 g/mol. The lowest BCUT2D eigenvalue weighted by atomic mass is 10.3. The van der Waals surface area contributed by atoms with E-state index in [1.54, 1.807) is 13.0 Å². The SMILES string of the molecule is C[C@H](OC(=O)COc1ccccc1F)c1nnc(-c2cccs2)o1. The third kappa shape index (κ3) is 3.77. The van der Waals surface area contributed by atoms with Gasteiger partial charge in [0.15, 0.2) is 24.3 Å². The topological polar surface area (TPSA) is 74.5 Å². The number of benzene rings is 1. The molecule has 2 aromatic heterocycles. The van der Waals surface area contributed by atoms with Gasteiger partial charge in [0, 0.05) is 0 Å². The molecule has 2 heterocycles. The molecule has 0 bridgehead atoms. The minimum atomic E-state index is -0.733. The Morgan fingerprint density at radius 2 is 2.12 bits per heavy atom. The number of aromatic nitrogens is 2. The maximum Gasteiger partial charge on any atom is 0.344 e. The molecule has 1 aromatic carbocycles. The third-order valence-electron chi connectivity index (χ3n) is 3.01. The van der Waals surface area contributed by atoms with E-state index in [2.05, 4.69) is 10.2 Å². The smallest absolute Gasteiger partial charge is 0.344 e. The van der Waals surface area contributed by atoms with Crippen molar-refractivity contribution in [3.05, 3.63) is 53.5 Å². The van der Waals surface area contributed by atoms with E-state index < -0.39 is 24.5 Å². The summed E-state index contributed by atoms with van der Waals surface area (Å²) < 4.78 is 29.1. The fourth-order valence-electron chi connectivity index (χ4n) is 1.88. The average Bonchev–Trinajstić information content (AvgIpc) is 3.25. The van der Waals surface area contributed by atoms with Crippen LogP contribution >= 0.6 is 11.3 Å². The molecule has 0 aliphatic heterocycles. The second-order valence-corrected chi connectivity index (χ2v) is 5.72. The Labute approximate surface area is 140 Å².